The van der Waals surface area contributed by atoms with E-state index in [0.717, 1.165) is 6.54 Å². The molecule has 0 radical (unpaired) electrons. The molecule has 0 bridgehead atoms. The van der Waals surface area contributed by atoms with Crippen LogP contribution in [-0.4, -0.2) is 19.6 Å². The molecule has 0 saturated carbocycles. The lowest BCUT2D eigenvalue weighted by Gasteiger charge is -2.21. The molecule has 0 amide bonds. The highest BCUT2D eigenvalue weighted by molar-refractivity contribution is 9.10. The first-order valence-electron chi connectivity index (χ1n) is 7.00. The van der Waals surface area contributed by atoms with Crippen LogP contribution in [0.5, 0.6) is 0 Å². The third-order valence-electron chi connectivity index (χ3n) is 3.62. The van der Waals surface area contributed by atoms with Crippen molar-refractivity contribution in [2.75, 3.05) is 24.5 Å². The Hall–Kier alpha value is -0.540. The summed E-state index contributed by atoms with van der Waals surface area (Å²) in [5.41, 5.74) is 2.71. The average molecular weight is 311 g/mol. The van der Waals surface area contributed by atoms with Crippen LogP contribution in [-0.2, 0) is 0 Å². The average Bonchev–Trinajstić information content (AvgIpc) is 2.89. The lowest BCUT2D eigenvalue weighted by Crippen LogP contribution is -2.20. The van der Waals surface area contributed by atoms with E-state index in [1.165, 1.54) is 48.1 Å². The molecule has 1 aromatic rings. The van der Waals surface area contributed by atoms with Gasteiger partial charge in [0.25, 0.3) is 0 Å². The first-order chi connectivity index (χ1) is 8.72. The summed E-state index contributed by atoms with van der Waals surface area (Å²) in [6.45, 7) is 7.91. The maximum Gasteiger partial charge on any atom is 0.0377 e. The fourth-order valence-electron chi connectivity index (χ4n) is 2.51. The SMILES string of the molecule is CCCNC(C)c1ccc(N2CCCC2)cc1Br. The maximum atomic E-state index is 3.72. The molecule has 1 N–H and O–H groups in total. The molecule has 3 heteroatoms. The van der Waals surface area contributed by atoms with Gasteiger partial charge >= 0.3 is 0 Å². The van der Waals surface area contributed by atoms with Crippen LogP contribution in [0.25, 0.3) is 0 Å². The molecule has 0 aromatic heterocycles. The molecule has 18 heavy (non-hydrogen) atoms. The van der Waals surface area contributed by atoms with Crippen molar-refractivity contribution in [3.63, 3.8) is 0 Å². The zero-order valence-electron chi connectivity index (χ0n) is 11.4. The molecule has 0 aliphatic carbocycles. The fourth-order valence-corrected chi connectivity index (χ4v) is 3.22. The summed E-state index contributed by atoms with van der Waals surface area (Å²) in [5.74, 6) is 0. The summed E-state index contributed by atoms with van der Waals surface area (Å²) < 4.78 is 1.23. The number of hydrogen-bond donors (Lipinski definition) is 1. The summed E-state index contributed by atoms with van der Waals surface area (Å²) in [6.07, 6.45) is 3.83. The molecule has 2 rings (SSSR count). The van der Waals surface area contributed by atoms with Gasteiger partial charge in [-0.1, -0.05) is 28.9 Å². The first kappa shape index (κ1) is 13.9. The molecular formula is C15H23BrN2. The van der Waals surface area contributed by atoms with Gasteiger partial charge in [0.15, 0.2) is 0 Å². The quantitative estimate of drug-likeness (QED) is 0.880. The van der Waals surface area contributed by atoms with Crippen LogP contribution >= 0.6 is 15.9 Å². The Labute approximate surface area is 119 Å². The van der Waals surface area contributed by atoms with Crippen LogP contribution in [0.4, 0.5) is 5.69 Å². The smallest absolute Gasteiger partial charge is 0.0377 e. The Morgan fingerprint density at radius 3 is 2.67 bits per heavy atom. The first-order valence-corrected chi connectivity index (χ1v) is 7.79. The van der Waals surface area contributed by atoms with Crippen molar-refractivity contribution in [3.8, 4) is 0 Å². The molecule has 1 aliphatic rings. The van der Waals surface area contributed by atoms with Gasteiger partial charge in [-0.05, 0) is 50.4 Å². The molecule has 100 valence electrons. The van der Waals surface area contributed by atoms with Gasteiger partial charge < -0.3 is 10.2 Å². The summed E-state index contributed by atoms with van der Waals surface area (Å²) in [6, 6.07) is 7.19. The summed E-state index contributed by atoms with van der Waals surface area (Å²) in [7, 11) is 0. The molecule has 1 heterocycles. The lowest BCUT2D eigenvalue weighted by atomic mass is 10.1. The van der Waals surface area contributed by atoms with E-state index in [-0.39, 0.29) is 0 Å². The number of benzene rings is 1. The van der Waals surface area contributed by atoms with Crippen LogP contribution in [0.15, 0.2) is 22.7 Å². The van der Waals surface area contributed by atoms with Gasteiger partial charge in [-0.3, -0.25) is 0 Å². The molecule has 1 atom stereocenters. The Bertz CT molecular complexity index is 386. The highest BCUT2D eigenvalue weighted by Gasteiger charge is 2.15. The second-order valence-electron chi connectivity index (χ2n) is 5.08. The van der Waals surface area contributed by atoms with Crippen molar-refractivity contribution in [3.05, 3.63) is 28.2 Å². The van der Waals surface area contributed by atoms with Crippen LogP contribution in [0.2, 0.25) is 0 Å². The second-order valence-corrected chi connectivity index (χ2v) is 5.93. The third-order valence-corrected chi connectivity index (χ3v) is 4.31. The number of nitrogens with zero attached hydrogens (tertiary/aromatic N) is 1. The van der Waals surface area contributed by atoms with Crippen LogP contribution in [0.1, 0.15) is 44.7 Å². The molecule has 1 saturated heterocycles. The predicted octanol–water partition coefficient (Wildman–Crippen LogP) is 4.11. The molecule has 1 fully saturated rings. The zero-order chi connectivity index (χ0) is 13.0. The monoisotopic (exact) mass is 310 g/mol. The van der Waals surface area contributed by atoms with Crippen molar-refractivity contribution < 1.29 is 0 Å². The summed E-state index contributed by atoms with van der Waals surface area (Å²) in [4.78, 5) is 2.47. The van der Waals surface area contributed by atoms with E-state index in [0.29, 0.717) is 6.04 Å². The van der Waals surface area contributed by atoms with Gasteiger partial charge in [-0.25, -0.2) is 0 Å². The molecule has 1 unspecified atom stereocenters. The summed E-state index contributed by atoms with van der Waals surface area (Å²) >= 11 is 3.72. The Kier molecular flexibility index (Phi) is 5.07. The number of halogens is 1. The summed E-state index contributed by atoms with van der Waals surface area (Å²) in [5, 5.41) is 3.53. The largest absolute Gasteiger partial charge is 0.372 e. The van der Waals surface area contributed by atoms with Gasteiger partial charge in [-0.15, -0.1) is 0 Å². The van der Waals surface area contributed by atoms with Crippen LogP contribution in [0, 0.1) is 0 Å². The van der Waals surface area contributed by atoms with E-state index in [9.17, 15) is 0 Å². The van der Waals surface area contributed by atoms with E-state index >= 15 is 0 Å². The van der Waals surface area contributed by atoms with Gasteiger partial charge in [0.05, 0.1) is 0 Å². The van der Waals surface area contributed by atoms with Gasteiger partial charge in [-0.2, -0.15) is 0 Å². The number of hydrogen-bond acceptors (Lipinski definition) is 2. The van der Waals surface area contributed by atoms with E-state index in [1.54, 1.807) is 0 Å². The molecule has 1 aliphatic heterocycles. The van der Waals surface area contributed by atoms with Crippen LogP contribution < -0.4 is 10.2 Å². The van der Waals surface area contributed by atoms with Gasteiger partial charge in [0, 0.05) is 29.3 Å². The topological polar surface area (TPSA) is 15.3 Å². The van der Waals surface area contributed by atoms with E-state index in [2.05, 4.69) is 58.2 Å². The lowest BCUT2D eigenvalue weighted by molar-refractivity contribution is 0.569. The Morgan fingerprint density at radius 2 is 2.06 bits per heavy atom. The maximum absolute atomic E-state index is 3.72. The highest BCUT2D eigenvalue weighted by Crippen LogP contribution is 2.29. The predicted molar refractivity (Wildman–Crippen MR) is 82.3 cm³/mol. The fraction of sp³-hybridized carbons (Fsp3) is 0.600. The van der Waals surface area contributed by atoms with E-state index in [4.69, 9.17) is 0 Å². The molecule has 1 aromatic carbocycles. The van der Waals surface area contributed by atoms with Crippen molar-refractivity contribution in [1.82, 2.24) is 5.32 Å². The number of rotatable bonds is 5. The van der Waals surface area contributed by atoms with Crippen molar-refractivity contribution >= 4 is 21.6 Å². The Morgan fingerprint density at radius 1 is 1.33 bits per heavy atom. The van der Waals surface area contributed by atoms with Crippen molar-refractivity contribution in [1.29, 1.82) is 0 Å². The number of nitrogens with one attached hydrogen (secondary N) is 1. The van der Waals surface area contributed by atoms with Crippen molar-refractivity contribution in [2.24, 2.45) is 0 Å². The minimum absolute atomic E-state index is 0.409. The normalized spacial score (nSPS) is 17.2. The molecular weight excluding hydrogens is 288 g/mol. The van der Waals surface area contributed by atoms with E-state index in [1.807, 2.05) is 0 Å². The molecule has 0 spiro atoms. The second kappa shape index (κ2) is 6.58. The van der Waals surface area contributed by atoms with Crippen molar-refractivity contribution in [2.45, 2.75) is 39.2 Å². The highest BCUT2D eigenvalue weighted by atomic mass is 79.9. The van der Waals surface area contributed by atoms with E-state index < -0.39 is 0 Å². The standard InChI is InChI=1S/C15H23BrN2/c1-3-8-17-12(2)14-7-6-13(11-15(14)16)18-9-4-5-10-18/h6-7,11-12,17H,3-5,8-10H2,1-2H3. The molecule has 2 nitrogen and oxygen atoms in total. The zero-order valence-corrected chi connectivity index (χ0v) is 13.0. The number of anilines is 1. The Balaban J connectivity index is 2.09. The minimum Gasteiger partial charge on any atom is -0.372 e. The van der Waals surface area contributed by atoms with Crippen LogP contribution in [0.3, 0.4) is 0 Å². The minimum atomic E-state index is 0.409. The van der Waals surface area contributed by atoms with Gasteiger partial charge in [0.1, 0.15) is 0 Å². The third kappa shape index (κ3) is 3.27. The van der Waals surface area contributed by atoms with Gasteiger partial charge in [0.2, 0.25) is 0 Å².